The maximum Gasteiger partial charge on any atom is -0.412 e. The van der Waals surface area contributed by atoms with E-state index in [9.17, 15) is 0 Å². The Hall–Kier alpha value is 2.15. The van der Waals surface area contributed by atoms with Gasteiger partial charge in [-0.25, -0.2) is 0 Å². The van der Waals surface area contributed by atoms with Crippen LogP contribution >= 0.6 is 50.5 Å². The predicted molar refractivity (Wildman–Crippen MR) is 47.1 cm³/mol. The molecule has 0 bridgehead atoms. The van der Waals surface area contributed by atoms with Gasteiger partial charge in [-0.05, 0) is 0 Å². The van der Waals surface area contributed by atoms with E-state index in [0.717, 1.165) is 0 Å². The van der Waals surface area contributed by atoms with Gasteiger partial charge in [0, 0.05) is 0 Å². The zero-order chi connectivity index (χ0) is 2.71. The van der Waals surface area contributed by atoms with Crippen molar-refractivity contribution in [2.45, 2.75) is 0 Å². The third-order valence-electron chi connectivity index (χ3n) is 0. The Morgan fingerprint density at radius 1 is 1.25 bits per heavy atom. The smallest absolute Gasteiger partial charge is 0.412 e. The second kappa shape index (κ2) is 8.94. The second-order valence-corrected chi connectivity index (χ2v) is 17.6. The summed E-state index contributed by atoms with van der Waals surface area (Å²) in [6, 6.07) is 0. The quantitative estimate of drug-likeness (QED) is 0.554. The third-order valence-corrected chi connectivity index (χ3v) is 0. The topological polar surface area (TPSA) is 31.5 Å². The van der Waals surface area contributed by atoms with Crippen LogP contribution in [0.2, 0.25) is 0 Å². The molecule has 4 heavy (non-hydrogen) atoms. The molecule has 0 atom stereocenters. The van der Waals surface area contributed by atoms with Crippen molar-refractivity contribution in [2.24, 2.45) is 0 Å². The summed E-state index contributed by atoms with van der Waals surface area (Å²) in [5, 5.41) is 0. The summed E-state index contributed by atoms with van der Waals surface area (Å²) in [7, 11) is 0. The van der Waals surface area contributed by atoms with Gasteiger partial charge in [-0.1, -0.05) is 0 Å². The molecule has 2 N–H and O–H groups in total. The Balaban J connectivity index is 0. The molecule has 0 saturated heterocycles. The molecule has 0 aliphatic heterocycles. The Bertz CT molecular complexity index is 3.25. The standard InChI is InChI=1S/HI3.H2O/c1-3-2;/h3H;1H2. The van der Waals surface area contributed by atoms with Gasteiger partial charge in [-0.2, -0.15) is 0 Å². The molecule has 0 heterocycles. The van der Waals surface area contributed by atoms with Crippen LogP contribution in [-0.2, 0) is 0 Å². The van der Waals surface area contributed by atoms with Crippen molar-refractivity contribution in [1.82, 2.24) is 0 Å². The first kappa shape index (κ1) is 9.47. The molecule has 0 aliphatic rings. The average Bonchev–Trinajstić information content (AvgIpc) is 0.918. The van der Waals surface area contributed by atoms with Crippen molar-refractivity contribution in [1.29, 1.82) is 0 Å². The Morgan fingerprint density at radius 2 is 1.25 bits per heavy atom. The van der Waals surface area contributed by atoms with Gasteiger partial charge in [0.05, 0.1) is 0 Å². The molecule has 30 valence electrons. The van der Waals surface area contributed by atoms with E-state index < -0.39 is 0 Å². The number of rotatable bonds is 0. The van der Waals surface area contributed by atoms with Crippen LogP contribution in [0.15, 0.2) is 0 Å². The molecule has 0 aliphatic carbocycles. The third kappa shape index (κ3) is 8.91. The van der Waals surface area contributed by atoms with Gasteiger partial charge in [0.1, 0.15) is 0 Å². The van der Waals surface area contributed by atoms with E-state index in [0.29, 0.717) is 13.3 Å². The molecule has 0 aromatic carbocycles. The summed E-state index contributed by atoms with van der Waals surface area (Å²) in [5.74, 6) is 0. The van der Waals surface area contributed by atoms with Crippen molar-refractivity contribution in [3.8, 4) is 0 Å². The molecular weight excluding hydrogens is 397 g/mol. The SMILES string of the molecule is I[IH]I.O. The van der Waals surface area contributed by atoms with Crippen LogP contribution in [-0.4, -0.2) is 5.48 Å². The van der Waals surface area contributed by atoms with Gasteiger partial charge < -0.3 is 5.48 Å². The van der Waals surface area contributed by atoms with Crippen molar-refractivity contribution < 1.29 is 5.48 Å². The minimum Gasteiger partial charge on any atom is -0.412 e. The number of hydrogen-bond acceptors (Lipinski definition) is 0. The Kier molecular flexibility index (Phi) is 21.2. The molecule has 0 saturated carbocycles. The van der Waals surface area contributed by atoms with Crippen molar-refractivity contribution >= 4 is 50.5 Å². The first-order valence-electron chi connectivity index (χ1n) is 0.309. The summed E-state index contributed by atoms with van der Waals surface area (Å²) < 4.78 is 0. The summed E-state index contributed by atoms with van der Waals surface area (Å²) in [6.07, 6.45) is 0. The fourth-order valence-corrected chi connectivity index (χ4v) is 0. The van der Waals surface area contributed by atoms with Crippen LogP contribution in [0, 0.1) is 0 Å². The number of hydrogen-bond donors (Lipinski definition) is 0. The van der Waals surface area contributed by atoms with Gasteiger partial charge in [0.15, 0.2) is 0 Å². The molecule has 1 nitrogen and oxygen atoms in total. The van der Waals surface area contributed by atoms with Gasteiger partial charge in [-0.3, -0.25) is 0 Å². The van der Waals surface area contributed by atoms with Crippen LogP contribution in [0.5, 0.6) is 0 Å². The van der Waals surface area contributed by atoms with E-state index in [1.54, 1.807) is 0 Å². The van der Waals surface area contributed by atoms with E-state index in [1.165, 1.54) is 0 Å². The van der Waals surface area contributed by atoms with Crippen molar-refractivity contribution in [3.63, 3.8) is 0 Å². The maximum atomic E-state index is 2.41. The molecule has 0 spiro atoms. The average molecular weight is 400 g/mol. The molecule has 0 aromatic rings. The summed E-state index contributed by atoms with van der Waals surface area (Å²) >= 11 is 5.22. The zero-order valence-electron chi connectivity index (χ0n) is 1.66. The molecule has 0 fully saturated rings. The van der Waals surface area contributed by atoms with E-state index >= 15 is 0 Å². The van der Waals surface area contributed by atoms with Crippen LogP contribution in [0.3, 0.4) is 0 Å². The largest absolute Gasteiger partial charge is 0.412 e. The van der Waals surface area contributed by atoms with Crippen LogP contribution in [0.25, 0.3) is 0 Å². The Labute approximate surface area is 54.8 Å². The number of halogens is 3. The first-order chi connectivity index (χ1) is 1.41. The first-order valence-corrected chi connectivity index (χ1v) is 13.9. The van der Waals surface area contributed by atoms with E-state index in [2.05, 4.69) is 37.2 Å². The molecule has 0 radical (unpaired) electrons. The molecule has 0 amide bonds. The summed E-state index contributed by atoms with van der Waals surface area (Å²) in [5.41, 5.74) is 0. The predicted octanol–water partition coefficient (Wildman–Crippen LogP) is 1.56. The fraction of sp³-hybridized carbons (Fsp3) is 0. The van der Waals surface area contributed by atoms with E-state index in [4.69, 9.17) is 0 Å². The monoisotopic (exact) mass is 400 g/mol. The second-order valence-electron chi connectivity index (χ2n) is 0.0583. The van der Waals surface area contributed by atoms with Crippen molar-refractivity contribution in [2.75, 3.05) is 0 Å². The van der Waals surface area contributed by atoms with Crippen molar-refractivity contribution in [3.05, 3.63) is 0 Å². The van der Waals surface area contributed by atoms with E-state index in [1.807, 2.05) is 0 Å². The molecule has 0 rings (SSSR count). The summed E-state index contributed by atoms with van der Waals surface area (Å²) in [6.45, 7) is 0. The van der Waals surface area contributed by atoms with Crippen LogP contribution in [0.1, 0.15) is 0 Å². The normalized spacial score (nSPS) is 5.50. The van der Waals surface area contributed by atoms with Gasteiger partial charge in [0.2, 0.25) is 0 Å². The van der Waals surface area contributed by atoms with E-state index in [-0.39, 0.29) is 5.48 Å². The minimum absolute atomic E-state index is 0. The zero-order valence-corrected chi connectivity index (χ0v) is 8.31. The van der Waals surface area contributed by atoms with Gasteiger partial charge in [-0.15, -0.1) is 0 Å². The van der Waals surface area contributed by atoms with Gasteiger partial charge >= 0.3 is 50.5 Å². The minimum atomic E-state index is 0. The van der Waals surface area contributed by atoms with Crippen LogP contribution in [0.4, 0.5) is 0 Å². The molecule has 0 unspecified atom stereocenters. The summed E-state index contributed by atoms with van der Waals surface area (Å²) in [4.78, 5) is 0. The fourth-order valence-electron chi connectivity index (χ4n) is 0. The molecule has 0 aromatic heterocycles. The molecular formula is H3I3O. The molecule has 4 heteroatoms. The Morgan fingerprint density at radius 3 is 1.25 bits per heavy atom. The van der Waals surface area contributed by atoms with Gasteiger partial charge in [0.25, 0.3) is 0 Å². The van der Waals surface area contributed by atoms with Crippen LogP contribution < -0.4 is 0 Å². The maximum absolute atomic E-state index is 2.41.